The van der Waals surface area contributed by atoms with Gasteiger partial charge in [-0.05, 0) is 11.6 Å². The van der Waals surface area contributed by atoms with Crippen LogP contribution < -0.4 is 0 Å². The summed E-state index contributed by atoms with van der Waals surface area (Å²) in [6.07, 6.45) is -5.41. The van der Waals surface area contributed by atoms with Gasteiger partial charge in [0.1, 0.15) is 0 Å². The van der Waals surface area contributed by atoms with Crippen LogP contribution in [0.3, 0.4) is 0 Å². The van der Waals surface area contributed by atoms with E-state index < -0.39 is 11.5 Å². The SMILES string of the molecule is OC(F)(Cl)C(F)(F)F. The fourth-order valence-electron chi connectivity index (χ4n) is 0. The van der Waals surface area contributed by atoms with Crippen LogP contribution in [0.5, 0.6) is 0 Å². The van der Waals surface area contributed by atoms with Gasteiger partial charge in [-0.1, -0.05) is 0 Å². The van der Waals surface area contributed by atoms with E-state index in [0.29, 0.717) is 0 Å². The molecule has 0 aliphatic heterocycles. The van der Waals surface area contributed by atoms with Crippen molar-refractivity contribution in [3.63, 3.8) is 0 Å². The van der Waals surface area contributed by atoms with Crippen LogP contribution in [0.2, 0.25) is 0 Å². The van der Waals surface area contributed by atoms with E-state index in [1.807, 2.05) is 0 Å². The molecule has 0 spiro atoms. The van der Waals surface area contributed by atoms with Crippen molar-refractivity contribution in [2.24, 2.45) is 0 Å². The standard InChI is InChI=1S/C2HClF4O/c3-1(4,8)2(5,6)7/h8H. The van der Waals surface area contributed by atoms with Gasteiger partial charge in [-0.15, -0.1) is 0 Å². The van der Waals surface area contributed by atoms with E-state index in [0.717, 1.165) is 0 Å². The van der Waals surface area contributed by atoms with Crippen molar-refractivity contribution in [3.05, 3.63) is 0 Å². The molecule has 6 heteroatoms. The largest absolute Gasteiger partial charge is 0.464 e. The predicted molar refractivity (Wildman–Crippen MR) is 18.0 cm³/mol. The van der Waals surface area contributed by atoms with E-state index in [9.17, 15) is 17.6 Å². The Bertz CT molecular complexity index is 69.0. The van der Waals surface area contributed by atoms with Crippen LogP contribution in [-0.2, 0) is 0 Å². The topological polar surface area (TPSA) is 20.2 Å². The quantitative estimate of drug-likeness (QED) is 0.411. The van der Waals surface area contributed by atoms with Gasteiger partial charge in [0, 0.05) is 0 Å². The van der Waals surface area contributed by atoms with Crippen molar-refractivity contribution in [3.8, 4) is 0 Å². The molecule has 0 bridgehead atoms. The summed E-state index contributed by atoms with van der Waals surface area (Å²) in [4.78, 5) is 0. The molecule has 0 fully saturated rings. The first-order chi connectivity index (χ1) is 3.25. The van der Waals surface area contributed by atoms with Crippen LogP contribution in [0, 0.1) is 0 Å². The Morgan fingerprint density at radius 3 is 1.25 bits per heavy atom. The Hall–Kier alpha value is -0.0300. The van der Waals surface area contributed by atoms with Gasteiger partial charge >= 0.3 is 11.5 Å². The number of alkyl halides is 5. The van der Waals surface area contributed by atoms with Crippen molar-refractivity contribution >= 4 is 11.6 Å². The summed E-state index contributed by atoms with van der Waals surface area (Å²) in [5.74, 6) is 0. The minimum Gasteiger partial charge on any atom is -0.343 e. The average Bonchev–Trinajstić information content (AvgIpc) is 1.25. The molecule has 0 saturated heterocycles. The zero-order valence-corrected chi connectivity index (χ0v) is 4.09. The third kappa shape index (κ3) is 1.83. The van der Waals surface area contributed by atoms with Crippen LogP contribution >= 0.6 is 11.6 Å². The highest BCUT2D eigenvalue weighted by Crippen LogP contribution is 2.34. The fourth-order valence-corrected chi connectivity index (χ4v) is 0. The lowest BCUT2D eigenvalue weighted by atomic mass is 10.7. The smallest absolute Gasteiger partial charge is 0.343 e. The molecule has 1 unspecified atom stereocenters. The lowest BCUT2D eigenvalue weighted by Gasteiger charge is -2.12. The second-order valence-electron chi connectivity index (χ2n) is 1.04. The van der Waals surface area contributed by atoms with Gasteiger partial charge in [0.05, 0.1) is 0 Å². The number of halogens is 5. The Labute approximate surface area is 46.9 Å². The first kappa shape index (κ1) is 7.97. The van der Waals surface area contributed by atoms with Crippen molar-refractivity contribution in [1.82, 2.24) is 0 Å². The summed E-state index contributed by atoms with van der Waals surface area (Å²) < 4.78 is 43.5. The van der Waals surface area contributed by atoms with Crippen LogP contribution in [0.15, 0.2) is 0 Å². The molecule has 0 saturated carbocycles. The van der Waals surface area contributed by atoms with Gasteiger partial charge in [0.25, 0.3) is 0 Å². The molecule has 1 nitrogen and oxygen atoms in total. The molecule has 1 atom stereocenters. The molecular weight excluding hydrogens is 151 g/mol. The highest BCUT2D eigenvalue weighted by atomic mass is 35.5. The summed E-state index contributed by atoms with van der Waals surface area (Å²) >= 11 is 3.77. The molecule has 0 aromatic rings. The molecule has 8 heavy (non-hydrogen) atoms. The molecule has 0 radical (unpaired) electrons. The minimum absolute atomic E-state index is 3.77. The summed E-state index contributed by atoms with van der Waals surface area (Å²) in [5.41, 5.74) is 0. The van der Waals surface area contributed by atoms with Gasteiger partial charge in [0.15, 0.2) is 0 Å². The Kier molecular flexibility index (Phi) is 1.73. The molecule has 0 aliphatic rings. The van der Waals surface area contributed by atoms with Crippen LogP contribution in [0.25, 0.3) is 0 Å². The van der Waals surface area contributed by atoms with Gasteiger partial charge in [-0.2, -0.15) is 17.6 Å². The summed E-state index contributed by atoms with van der Waals surface area (Å²) in [5, 5.41) is 2.74. The zero-order chi connectivity index (χ0) is 7.00. The zero-order valence-electron chi connectivity index (χ0n) is 3.34. The normalized spacial score (nSPS) is 20.2. The molecule has 0 aromatic carbocycles. The molecule has 0 rings (SSSR count). The third-order valence-electron chi connectivity index (χ3n) is 0.341. The van der Waals surface area contributed by atoms with Gasteiger partial charge < -0.3 is 5.11 Å². The maximum absolute atomic E-state index is 11.1. The van der Waals surface area contributed by atoms with Crippen molar-refractivity contribution in [2.75, 3.05) is 0 Å². The monoisotopic (exact) mass is 152 g/mol. The Morgan fingerprint density at radius 2 is 1.25 bits per heavy atom. The average molecular weight is 152 g/mol. The molecule has 0 amide bonds. The van der Waals surface area contributed by atoms with E-state index in [-0.39, 0.29) is 0 Å². The van der Waals surface area contributed by atoms with Crippen LogP contribution in [-0.4, -0.2) is 16.6 Å². The number of aliphatic hydroxyl groups is 1. The van der Waals surface area contributed by atoms with E-state index in [4.69, 9.17) is 5.11 Å². The molecular formula is C2HClF4O. The maximum Gasteiger partial charge on any atom is 0.464 e. The summed E-state index contributed by atoms with van der Waals surface area (Å²) in [6, 6.07) is 0. The fraction of sp³-hybridized carbons (Fsp3) is 1.00. The van der Waals surface area contributed by atoms with E-state index in [1.54, 1.807) is 0 Å². The predicted octanol–water partition coefficient (Wildman–Crippen LogP) is 1.40. The van der Waals surface area contributed by atoms with E-state index >= 15 is 0 Å². The molecule has 0 aromatic heterocycles. The highest BCUT2D eigenvalue weighted by molar-refractivity contribution is 6.22. The van der Waals surface area contributed by atoms with Gasteiger partial charge in [-0.25, -0.2) is 0 Å². The van der Waals surface area contributed by atoms with Crippen molar-refractivity contribution in [2.45, 2.75) is 11.5 Å². The van der Waals surface area contributed by atoms with Crippen molar-refractivity contribution in [1.29, 1.82) is 0 Å². The number of hydrogen-bond donors (Lipinski definition) is 1. The van der Waals surface area contributed by atoms with E-state index in [1.165, 1.54) is 0 Å². The number of hydrogen-bond acceptors (Lipinski definition) is 1. The van der Waals surface area contributed by atoms with Gasteiger partial charge in [0.2, 0.25) is 0 Å². The van der Waals surface area contributed by atoms with Gasteiger partial charge in [-0.3, -0.25) is 0 Å². The summed E-state index contributed by atoms with van der Waals surface area (Å²) in [6.45, 7) is 0. The van der Waals surface area contributed by atoms with Crippen molar-refractivity contribution < 1.29 is 22.7 Å². The summed E-state index contributed by atoms with van der Waals surface area (Å²) in [7, 11) is 0. The highest BCUT2D eigenvalue weighted by Gasteiger charge is 2.54. The first-order valence-corrected chi connectivity index (χ1v) is 1.80. The van der Waals surface area contributed by atoms with Crippen LogP contribution in [0.4, 0.5) is 17.6 Å². The second kappa shape index (κ2) is 1.73. The van der Waals surface area contributed by atoms with Crippen LogP contribution in [0.1, 0.15) is 0 Å². The second-order valence-corrected chi connectivity index (χ2v) is 1.54. The number of rotatable bonds is 0. The minimum atomic E-state index is -5.41. The first-order valence-electron chi connectivity index (χ1n) is 1.42. The lowest BCUT2D eigenvalue weighted by molar-refractivity contribution is -0.272. The lowest BCUT2D eigenvalue weighted by Crippen LogP contribution is -2.34. The Balaban J connectivity index is 4.02. The third-order valence-corrected chi connectivity index (χ3v) is 0.555. The maximum atomic E-state index is 11.1. The molecule has 0 heterocycles. The molecule has 1 N–H and O–H groups in total. The Morgan fingerprint density at radius 1 is 1.12 bits per heavy atom. The van der Waals surface area contributed by atoms with E-state index in [2.05, 4.69) is 11.6 Å². The molecule has 50 valence electrons. The molecule has 0 aliphatic carbocycles.